The Balaban J connectivity index is 1.94. The minimum atomic E-state index is -2.29. The van der Waals surface area contributed by atoms with Crippen LogP contribution in [0.4, 0.5) is 27.5 Å². The van der Waals surface area contributed by atoms with Crippen LogP contribution in [-0.4, -0.2) is 51.1 Å². The number of benzene rings is 2. The molecule has 164 valence electrons. The minimum absolute atomic E-state index is 0.0952. The molecule has 7 nitrogen and oxygen atoms in total. The van der Waals surface area contributed by atoms with Gasteiger partial charge in [0.25, 0.3) is 0 Å². The number of aliphatic hydroxyl groups excluding tert-OH is 1. The molecule has 0 bridgehead atoms. The van der Waals surface area contributed by atoms with E-state index in [1.54, 1.807) is 55.9 Å². The molecule has 0 radical (unpaired) electrons. The first-order valence-corrected chi connectivity index (χ1v) is 11.8. The van der Waals surface area contributed by atoms with Crippen LogP contribution >= 0.6 is 0 Å². The molecule has 3 rings (SSSR count). The maximum Gasteiger partial charge on any atom is 0.229 e. The van der Waals surface area contributed by atoms with Gasteiger partial charge in [-0.2, -0.15) is 4.98 Å². The molecule has 2 atom stereocenters. The Bertz CT molecular complexity index is 1170. The number of aliphatic hydroxyl groups is 1. The van der Waals surface area contributed by atoms with Crippen molar-refractivity contribution in [3.63, 3.8) is 0 Å². The number of hydrogen-bond acceptors (Lipinski definition) is 7. The van der Waals surface area contributed by atoms with Gasteiger partial charge in [0.2, 0.25) is 5.95 Å². The second-order valence-corrected chi connectivity index (χ2v) is 9.76. The van der Waals surface area contributed by atoms with Crippen LogP contribution in [0, 0.1) is 5.82 Å². The lowest BCUT2D eigenvalue weighted by molar-refractivity contribution is 0.281. The van der Waals surface area contributed by atoms with Crippen molar-refractivity contribution >= 4 is 38.5 Å². The van der Waals surface area contributed by atoms with Crippen LogP contribution in [0.1, 0.15) is 6.92 Å². The summed E-state index contributed by atoms with van der Waals surface area (Å²) in [4.78, 5) is 9.53. The van der Waals surface area contributed by atoms with Crippen molar-refractivity contribution in [1.82, 2.24) is 9.97 Å². The standard InChI is InChI=1S/C22H26FN5O2S/c1-14(13-29)26-21-18(15-5-10-20(24-2)19(23)11-15)12-25-22(28-21)27-16-6-8-17(9-7-16)31(3,4)30/h5-12,14,24,29H,3,13H2,1-2,4H3,(H2,25,26,27,28)/t14-,31?/m1/s1. The zero-order valence-corrected chi connectivity index (χ0v) is 18.5. The molecule has 0 amide bonds. The highest BCUT2D eigenvalue weighted by Crippen LogP contribution is 2.30. The summed E-state index contributed by atoms with van der Waals surface area (Å²) in [7, 11) is -0.636. The van der Waals surface area contributed by atoms with E-state index >= 15 is 0 Å². The van der Waals surface area contributed by atoms with Gasteiger partial charge in [0.15, 0.2) is 0 Å². The van der Waals surface area contributed by atoms with Crippen LogP contribution in [0.25, 0.3) is 11.1 Å². The number of halogens is 1. The lowest BCUT2D eigenvalue weighted by atomic mass is 10.1. The Kier molecular flexibility index (Phi) is 6.77. The van der Waals surface area contributed by atoms with Crippen LogP contribution in [0.15, 0.2) is 53.6 Å². The molecule has 0 saturated carbocycles. The van der Waals surface area contributed by atoms with Crippen LogP contribution in [0.2, 0.25) is 0 Å². The predicted octanol–water partition coefficient (Wildman–Crippen LogP) is 3.57. The average Bonchev–Trinajstić information content (AvgIpc) is 2.73. The van der Waals surface area contributed by atoms with Gasteiger partial charge in [-0.1, -0.05) is 6.07 Å². The monoisotopic (exact) mass is 443 g/mol. The van der Waals surface area contributed by atoms with Crippen LogP contribution in [0.5, 0.6) is 0 Å². The fraction of sp³-hybridized carbons (Fsp3) is 0.227. The highest BCUT2D eigenvalue weighted by atomic mass is 32.2. The molecule has 4 N–H and O–H groups in total. The van der Waals surface area contributed by atoms with Gasteiger partial charge in [-0.15, -0.1) is 0 Å². The van der Waals surface area contributed by atoms with E-state index in [0.717, 1.165) is 0 Å². The van der Waals surface area contributed by atoms with Gasteiger partial charge in [0.1, 0.15) is 11.6 Å². The van der Waals surface area contributed by atoms with Gasteiger partial charge in [-0.3, -0.25) is 4.21 Å². The molecule has 2 aromatic carbocycles. The minimum Gasteiger partial charge on any atom is -0.394 e. The van der Waals surface area contributed by atoms with Crippen molar-refractivity contribution in [2.24, 2.45) is 0 Å². The number of nitrogens with one attached hydrogen (secondary N) is 3. The van der Waals surface area contributed by atoms with Gasteiger partial charge < -0.3 is 21.1 Å². The Morgan fingerprint density at radius 3 is 2.52 bits per heavy atom. The van der Waals surface area contributed by atoms with Crippen LogP contribution in [0.3, 0.4) is 0 Å². The number of aromatic nitrogens is 2. The first kappa shape index (κ1) is 22.5. The van der Waals surface area contributed by atoms with Crippen LogP contribution < -0.4 is 16.0 Å². The van der Waals surface area contributed by atoms with Crippen molar-refractivity contribution < 1.29 is 13.7 Å². The molecule has 1 unspecified atom stereocenters. The van der Waals surface area contributed by atoms with E-state index in [1.807, 2.05) is 6.92 Å². The van der Waals surface area contributed by atoms with Gasteiger partial charge in [0.05, 0.1) is 12.3 Å². The molecule has 31 heavy (non-hydrogen) atoms. The summed E-state index contributed by atoms with van der Waals surface area (Å²) in [5.74, 6) is 4.08. The highest BCUT2D eigenvalue weighted by molar-refractivity contribution is 7.99. The van der Waals surface area contributed by atoms with E-state index in [9.17, 15) is 13.7 Å². The predicted molar refractivity (Wildman–Crippen MR) is 126 cm³/mol. The highest BCUT2D eigenvalue weighted by Gasteiger charge is 2.14. The summed E-state index contributed by atoms with van der Waals surface area (Å²) in [6.07, 6.45) is 3.18. The lowest BCUT2D eigenvalue weighted by Crippen LogP contribution is -2.21. The lowest BCUT2D eigenvalue weighted by Gasteiger charge is -2.17. The van der Waals surface area contributed by atoms with Crippen molar-refractivity contribution in [3.05, 3.63) is 54.5 Å². The third-order valence-electron chi connectivity index (χ3n) is 4.60. The maximum absolute atomic E-state index is 14.3. The second kappa shape index (κ2) is 9.32. The molecular formula is C22H26FN5O2S. The zero-order chi connectivity index (χ0) is 22.6. The number of rotatable bonds is 8. The summed E-state index contributed by atoms with van der Waals surface area (Å²) in [5.41, 5.74) is 2.31. The normalized spacial score (nSPS) is 13.8. The van der Waals surface area contributed by atoms with E-state index in [2.05, 4.69) is 31.8 Å². The molecule has 0 aliphatic rings. The summed E-state index contributed by atoms with van der Waals surface area (Å²) < 4.78 is 26.3. The van der Waals surface area contributed by atoms with Gasteiger partial charge in [0, 0.05) is 41.7 Å². The van der Waals surface area contributed by atoms with Crippen molar-refractivity contribution in [1.29, 1.82) is 0 Å². The molecule has 0 saturated heterocycles. The van der Waals surface area contributed by atoms with Gasteiger partial charge >= 0.3 is 0 Å². The molecule has 1 aromatic heterocycles. The molecule has 0 fully saturated rings. The van der Waals surface area contributed by atoms with Crippen molar-refractivity contribution in [3.8, 4) is 11.1 Å². The van der Waals surface area contributed by atoms with Crippen LogP contribution in [-0.2, 0) is 9.52 Å². The number of hydrogen-bond donors (Lipinski definition) is 4. The topological polar surface area (TPSA) is 99.2 Å². The Morgan fingerprint density at radius 1 is 1.23 bits per heavy atom. The third-order valence-corrected chi connectivity index (χ3v) is 5.87. The number of anilines is 4. The van der Waals surface area contributed by atoms with E-state index in [0.29, 0.717) is 39.2 Å². The second-order valence-electron chi connectivity index (χ2n) is 7.28. The fourth-order valence-corrected chi connectivity index (χ4v) is 3.59. The number of nitrogens with zero attached hydrogens (tertiary/aromatic N) is 2. The fourth-order valence-electron chi connectivity index (χ4n) is 2.88. The third kappa shape index (κ3) is 5.50. The van der Waals surface area contributed by atoms with Crippen molar-refractivity contribution in [2.45, 2.75) is 17.9 Å². The van der Waals surface area contributed by atoms with E-state index in [1.165, 1.54) is 6.07 Å². The summed E-state index contributed by atoms with van der Waals surface area (Å²) in [6, 6.07) is 11.6. The van der Waals surface area contributed by atoms with Gasteiger partial charge in [-0.05, 0) is 64.3 Å². The van der Waals surface area contributed by atoms with E-state index in [4.69, 9.17) is 0 Å². The maximum atomic E-state index is 14.3. The molecule has 0 aliphatic carbocycles. The molecule has 3 aromatic rings. The van der Waals surface area contributed by atoms with Crippen molar-refractivity contribution in [2.75, 3.05) is 35.9 Å². The summed E-state index contributed by atoms with van der Waals surface area (Å²) in [5, 5.41) is 18.5. The molecule has 1 heterocycles. The molecule has 0 aliphatic heterocycles. The first-order valence-electron chi connectivity index (χ1n) is 9.62. The van der Waals surface area contributed by atoms with E-state index in [-0.39, 0.29) is 18.5 Å². The SMILES string of the molecule is C=S(C)(=O)c1ccc(Nc2ncc(-c3ccc(NC)c(F)c3)c(N[C@H](C)CO)n2)cc1. The smallest absolute Gasteiger partial charge is 0.229 e. The average molecular weight is 444 g/mol. The van der Waals surface area contributed by atoms with Gasteiger partial charge in [-0.25, -0.2) is 9.37 Å². The Hall–Kier alpha value is -3.17. The first-order chi connectivity index (χ1) is 14.7. The quantitative estimate of drug-likeness (QED) is 0.395. The Labute approximate surface area is 181 Å². The molecule has 0 spiro atoms. The Morgan fingerprint density at radius 2 is 1.94 bits per heavy atom. The summed E-state index contributed by atoms with van der Waals surface area (Å²) >= 11 is 0. The molecule has 9 heteroatoms. The van der Waals surface area contributed by atoms with E-state index < -0.39 is 9.52 Å². The zero-order valence-electron chi connectivity index (χ0n) is 17.6. The summed E-state index contributed by atoms with van der Waals surface area (Å²) in [6.45, 7) is 1.71. The molecular weight excluding hydrogens is 417 g/mol. The largest absolute Gasteiger partial charge is 0.394 e.